The van der Waals surface area contributed by atoms with Crippen molar-refractivity contribution in [2.45, 2.75) is 6.92 Å². The maximum absolute atomic E-state index is 10.4. The van der Waals surface area contributed by atoms with Crippen LogP contribution in [0.4, 0.5) is 0 Å². The summed E-state index contributed by atoms with van der Waals surface area (Å²) in [4.78, 5) is 0. The van der Waals surface area contributed by atoms with Crippen LogP contribution in [0.5, 0.6) is 11.5 Å². The van der Waals surface area contributed by atoms with E-state index in [2.05, 4.69) is 10.2 Å². The molecule has 124 valence electrons. The molecule has 3 aromatic carbocycles. The molecule has 6 heteroatoms. The predicted octanol–water partition coefficient (Wildman–Crippen LogP) is 4.47. The van der Waals surface area contributed by atoms with Gasteiger partial charge in [0.05, 0.1) is 11.3 Å². The van der Waals surface area contributed by atoms with Gasteiger partial charge in [0, 0.05) is 11.5 Å². The summed E-state index contributed by atoms with van der Waals surface area (Å²) < 4.78 is 2.23. The molecule has 0 radical (unpaired) electrons. The second kappa shape index (κ2) is 5.75. The average molecular weight is 349 g/mol. The Morgan fingerprint density at radius 1 is 1.04 bits per heavy atom. The molecule has 0 saturated carbocycles. The Morgan fingerprint density at radius 3 is 2.60 bits per heavy atom. The molecule has 3 N–H and O–H groups in total. The first-order chi connectivity index (χ1) is 12.1. The monoisotopic (exact) mass is 349 g/mol. The zero-order valence-electron chi connectivity index (χ0n) is 13.4. The van der Waals surface area contributed by atoms with Gasteiger partial charge in [-0.2, -0.15) is 5.10 Å². The van der Waals surface area contributed by atoms with Gasteiger partial charge in [-0.3, -0.25) is 9.67 Å². The largest absolute Gasteiger partial charge is 0.508 e. The lowest BCUT2D eigenvalue weighted by molar-refractivity contribution is 0.451. The number of nitrogens with zero attached hydrogens (tertiary/aromatic N) is 2. The third kappa shape index (κ3) is 2.47. The molecular weight excluding hydrogens is 334 g/mol. The van der Waals surface area contributed by atoms with Crippen molar-refractivity contribution in [1.82, 2.24) is 14.8 Å². The van der Waals surface area contributed by atoms with Crippen LogP contribution in [0.1, 0.15) is 5.56 Å². The Hall–Kier alpha value is -3.12. The van der Waals surface area contributed by atoms with E-state index in [1.54, 1.807) is 17.6 Å². The zero-order chi connectivity index (χ0) is 17.6. The van der Waals surface area contributed by atoms with Crippen LogP contribution in [-0.2, 0) is 0 Å². The van der Waals surface area contributed by atoms with Gasteiger partial charge in [0.1, 0.15) is 11.5 Å². The number of fused-ring (bicyclic) bond motifs is 1. The normalized spacial score (nSPS) is 11.1. The summed E-state index contributed by atoms with van der Waals surface area (Å²) in [5.74, 6) is 0.453. The van der Waals surface area contributed by atoms with Crippen molar-refractivity contribution in [3.05, 3.63) is 64.9 Å². The molecule has 0 unspecified atom stereocenters. The van der Waals surface area contributed by atoms with E-state index in [1.807, 2.05) is 42.5 Å². The van der Waals surface area contributed by atoms with Crippen LogP contribution in [0, 0.1) is 11.7 Å². The Balaban J connectivity index is 2.06. The van der Waals surface area contributed by atoms with Crippen LogP contribution < -0.4 is 0 Å². The quantitative estimate of drug-likeness (QED) is 0.467. The highest BCUT2D eigenvalue weighted by atomic mass is 32.1. The lowest BCUT2D eigenvalue weighted by Crippen LogP contribution is -2.00. The highest BCUT2D eigenvalue weighted by molar-refractivity contribution is 7.71. The van der Waals surface area contributed by atoms with E-state index in [9.17, 15) is 10.2 Å². The molecule has 1 heterocycles. The molecule has 0 bridgehead atoms. The first kappa shape index (κ1) is 15.4. The molecule has 5 nitrogen and oxygen atoms in total. The van der Waals surface area contributed by atoms with Gasteiger partial charge in [0.15, 0.2) is 10.6 Å². The molecule has 0 atom stereocenters. The predicted molar refractivity (Wildman–Crippen MR) is 99.8 cm³/mol. The summed E-state index contributed by atoms with van der Waals surface area (Å²) in [5.41, 5.74) is 2.10. The summed E-state index contributed by atoms with van der Waals surface area (Å²) in [7, 11) is 0. The maximum Gasteiger partial charge on any atom is 0.200 e. The summed E-state index contributed by atoms with van der Waals surface area (Å²) in [6.07, 6.45) is 0. The number of hydrogen-bond donors (Lipinski definition) is 3. The van der Waals surface area contributed by atoms with E-state index in [4.69, 9.17) is 12.2 Å². The molecule has 4 rings (SSSR count). The Bertz CT molecular complexity index is 1130. The number of rotatable bonds is 2. The topological polar surface area (TPSA) is 74.1 Å². The molecule has 0 fully saturated rings. The van der Waals surface area contributed by atoms with Crippen LogP contribution in [0.15, 0.2) is 54.6 Å². The van der Waals surface area contributed by atoms with E-state index in [1.165, 1.54) is 6.07 Å². The van der Waals surface area contributed by atoms with Gasteiger partial charge < -0.3 is 10.2 Å². The number of phenolic OH excluding ortho intramolecular Hbond substituents is 2. The van der Waals surface area contributed by atoms with Gasteiger partial charge in [0.25, 0.3) is 0 Å². The standard InChI is InChI=1S/C19H15N3O2S/c1-11-9-13(23)10-16(24)17(11)18-20-21-19(25)22(18)15-8-4-6-12-5-2-3-7-14(12)15/h2-10,23-24H,1H3,(H,21,25). The number of aryl methyl sites for hydroxylation is 1. The highest BCUT2D eigenvalue weighted by Crippen LogP contribution is 2.36. The van der Waals surface area contributed by atoms with E-state index in [-0.39, 0.29) is 11.5 Å². The number of nitrogens with one attached hydrogen (secondary N) is 1. The fourth-order valence-corrected chi connectivity index (χ4v) is 3.36. The van der Waals surface area contributed by atoms with Crippen molar-refractivity contribution in [1.29, 1.82) is 0 Å². The average Bonchev–Trinajstić information content (AvgIpc) is 2.94. The summed E-state index contributed by atoms with van der Waals surface area (Å²) in [6.45, 7) is 1.81. The molecule has 4 aromatic rings. The molecular formula is C19H15N3O2S. The molecule has 0 saturated heterocycles. The van der Waals surface area contributed by atoms with Crippen molar-refractivity contribution in [3.8, 4) is 28.6 Å². The van der Waals surface area contributed by atoms with E-state index in [0.29, 0.717) is 21.7 Å². The molecule has 25 heavy (non-hydrogen) atoms. The summed E-state index contributed by atoms with van der Waals surface area (Å²) in [5, 5.41) is 29.3. The second-order valence-corrected chi connectivity index (χ2v) is 6.23. The van der Waals surface area contributed by atoms with Crippen molar-refractivity contribution in [3.63, 3.8) is 0 Å². The van der Waals surface area contributed by atoms with Gasteiger partial charge >= 0.3 is 0 Å². The molecule has 0 spiro atoms. The lowest BCUT2D eigenvalue weighted by atomic mass is 10.1. The zero-order valence-corrected chi connectivity index (χ0v) is 14.2. The first-order valence-corrected chi connectivity index (χ1v) is 8.15. The SMILES string of the molecule is Cc1cc(O)cc(O)c1-c1n[nH]c(=S)n1-c1cccc2ccccc12. The van der Waals surface area contributed by atoms with Gasteiger partial charge in [-0.15, -0.1) is 0 Å². The minimum Gasteiger partial charge on any atom is -0.508 e. The van der Waals surface area contributed by atoms with E-state index in [0.717, 1.165) is 16.5 Å². The molecule has 0 amide bonds. The molecule has 1 aromatic heterocycles. The minimum absolute atomic E-state index is 0.00425. The number of aromatic hydroxyl groups is 2. The Morgan fingerprint density at radius 2 is 1.80 bits per heavy atom. The van der Waals surface area contributed by atoms with E-state index >= 15 is 0 Å². The number of H-pyrrole nitrogens is 1. The Kier molecular flexibility index (Phi) is 3.54. The summed E-state index contributed by atoms with van der Waals surface area (Å²) >= 11 is 5.44. The van der Waals surface area contributed by atoms with Gasteiger partial charge in [-0.25, -0.2) is 0 Å². The maximum atomic E-state index is 10.4. The molecule has 0 aliphatic rings. The first-order valence-electron chi connectivity index (χ1n) is 7.75. The van der Waals surface area contributed by atoms with Crippen LogP contribution in [0.2, 0.25) is 0 Å². The number of phenols is 2. The Labute approximate surface area is 148 Å². The number of benzene rings is 3. The molecule has 0 aliphatic heterocycles. The second-order valence-electron chi connectivity index (χ2n) is 5.84. The minimum atomic E-state index is -0.0482. The van der Waals surface area contributed by atoms with Gasteiger partial charge in [-0.1, -0.05) is 36.4 Å². The van der Waals surface area contributed by atoms with E-state index < -0.39 is 0 Å². The van der Waals surface area contributed by atoms with Crippen LogP contribution >= 0.6 is 12.2 Å². The van der Waals surface area contributed by atoms with Crippen LogP contribution in [-0.4, -0.2) is 25.0 Å². The fraction of sp³-hybridized carbons (Fsp3) is 0.0526. The van der Waals surface area contributed by atoms with Crippen molar-refractivity contribution < 1.29 is 10.2 Å². The van der Waals surface area contributed by atoms with Gasteiger partial charge in [-0.05, 0) is 42.2 Å². The van der Waals surface area contributed by atoms with Crippen LogP contribution in [0.25, 0.3) is 27.8 Å². The summed E-state index contributed by atoms with van der Waals surface area (Å²) in [6, 6.07) is 16.8. The van der Waals surface area contributed by atoms with Crippen molar-refractivity contribution in [2.24, 2.45) is 0 Å². The van der Waals surface area contributed by atoms with Crippen molar-refractivity contribution >= 4 is 23.0 Å². The fourth-order valence-electron chi connectivity index (χ4n) is 3.13. The van der Waals surface area contributed by atoms with Crippen molar-refractivity contribution in [2.75, 3.05) is 0 Å². The highest BCUT2D eigenvalue weighted by Gasteiger charge is 2.18. The third-order valence-corrected chi connectivity index (χ3v) is 4.48. The number of aromatic amines is 1. The number of hydrogen-bond acceptors (Lipinski definition) is 4. The molecule has 0 aliphatic carbocycles. The third-order valence-electron chi connectivity index (χ3n) is 4.20. The lowest BCUT2D eigenvalue weighted by Gasteiger charge is -2.13. The smallest absolute Gasteiger partial charge is 0.200 e. The van der Waals surface area contributed by atoms with Gasteiger partial charge in [0.2, 0.25) is 0 Å². The van der Waals surface area contributed by atoms with Crippen LogP contribution in [0.3, 0.4) is 0 Å². The number of aromatic nitrogens is 3.